The molecule has 0 bridgehead atoms. The molecule has 38 heavy (non-hydrogen) atoms. The van der Waals surface area contributed by atoms with Crippen molar-refractivity contribution in [3.63, 3.8) is 0 Å². The van der Waals surface area contributed by atoms with Gasteiger partial charge in [-0.25, -0.2) is 0 Å². The van der Waals surface area contributed by atoms with Gasteiger partial charge in [-0.15, -0.1) is 24.3 Å². The van der Waals surface area contributed by atoms with E-state index in [9.17, 15) is 5.26 Å². The van der Waals surface area contributed by atoms with Crippen LogP contribution >= 0.6 is 12.0 Å². The van der Waals surface area contributed by atoms with Crippen molar-refractivity contribution in [3.05, 3.63) is 125 Å². The molecule has 0 aliphatic heterocycles. The van der Waals surface area contributed by atoms with Crippen molar-refractivity contribution in [1.29, 1.82) is 0 Å². The van der Waals surface area contributed by atoms with E-state index in [4.69, 9.17) is 12.6 Å². The molecule has 4 aromatic carbocycles. The second-order valence-electron chi connectivity index (χ2n) is 7.24. The minimum absolute atomic E-state index is 0. The summed E-state index contributed by atoms with van der Waals surface area (Å²) in [5.74, 6) is 0. The zero-order chi connectivity index (χ0) is 25.6. The molecule has 0 N–H and O–H groups in total. The first-order valence-electron chi connectivity index (χ1n) is 10.6. The molecule has 0 aliphatic rings. The Kier molecular flexibility index (Phi) is 17.4. The Hall–Kier alpha value is -1.79. The molecule has 4 rings (SSSR count). The van der Waals surface area contributed by atoms with Crippen molar-refractivity contribution in [2.24, 2.45) is 0 Å². The van der Waals surface area contributed by atoms with Gasteiger partial charge in [0.05, 0.1) is 12.0 Å². The molecule has 6 nitrogen and oxygen atoms in total. The van der Waals surface area contributed by atoms with Crippen LogP contribution in [0.15, 0.2) is 102 Å². The number of hydrogen-bond acceptors (Lipinski definition) is 7. The van der Waals surface area contributed by atoms with E-state index in [1.165, 1.54) is 11.1 Å². The first kappa shape index (κ1) is 34.2. The summed E-state index contributed by atoms with van der Waals surface area (Å²) in [5.41, 5.74) is 6.75. The van der Waals surface area contributed by atoms with Gasteiger partial charge in [0.15, 0.2) is 0 Å². The largest absolute Gasteiger partial charge is 1.00 e. The predicted octanol–water partition coefficient (Wildman–Crippen LogP) is -0.271. The van der Waals surface area contributed by atoms with Gasteiger partial charge in [-0.3, -0.25) is 5.04 Å². The van der Waals surface area contributed by atoms with Crippen LogP contribution in [0.1, 0.15) is 22.3 Å². The number of hydrogen-bond donors (Lipinski definition) is 0. The smallest absolute Gasteiger partial charge is 0.691 e. The van der Waals surface area contributed by atoms with Crippen LogP contribution in [0.25, 0.3) is 35.4 Å². The Labute approximate surface area is 272 Å². The maximum Gasteiger partial charge on any atom is 1.00 e. The van der Waals surface area contributed by atoms with Gasteiger partial charge in [0.2, 0.25) is 0 Å². The van der Waals surface area contributed by atoms with Crippen molar-refractivity contribution in [3.8, 4) is 11.1 Å². The van der Waals surface area contributed by atoms with Gasteiger partial charge < -0.3 is 5.26 Å². The molecule has 182 valence electrons. The van der Waals surface area contributed by atoms with Gasteiger partial charge in [0, 0.05) is 4.90 Å². The molecule has 0 unspecified atom stereocenters. The Morgan fingerprint density at radius 2 is 1.18 bits per heavy atom. The fourth-order valence-corrected chi connectivity index (χ4v) is 3.62. The Balaban J connectivity index is 0.00000113. The molecule has 10 heteroatoms. The number of benzene rings is 4. The molecule has 0 saturated heterocycles. The molecule has 0 aromatic heterocycles. The van der Waals surface area contributed by atoms with Crippen LogP contribution in [0, 0.1) is 6.07 Å². The molecule has 0 radical (unpaired) electrons. The summed E-state index contributed by atoms with van der Waals surface area (Å²) in [7, 11) is -3.11. The van der Waals surface area contributed by atoms with Gasteiger partial charge in [-0.05, 0) is 39.9 Å². The van der Waals surface area contributed by atoms with E-state index in [2.05, 4.69) is 82.2 Å². The number of rotatable bonds is 8. The van der Waals surface area contributed by atoms with E-state index in [1.807, 2.05) is 54.6 Å². The van der Waals surface area contributed by atoms with Crippen molar-refractivity contribution in [2.75, 3.05) is 0 Å². The molecule has 0 atom stereocenters. The van der Waals surface area contributed by atoms with Crippen LogP contribution < -0.4 is 64.4 Å². The second-order valence-corrected chi connectivity index (χ2v) is 8.43. The zero-order valence-corrected chi connectivity index (χ0v) is 26.4. The van der Waals surface area contributed by atoms with Crippen molar-refractivity contribution in [1.82, 2.24) is 0 Å². The van der Waals surface area contributed by atoms with E-state index in [1.54, 1.807) is 0 Å². The SMILES string of the molecule is O=S(=O)=O.[Na+].[Na+].[O-]OOSc1cccc(/C=C/c2ccc(-c3ccc(/C=C/c4c[c-]ccc4)cc3)cc2)c1. The molecule has 0 saturated carbocycles. The summed E-state index contributed by atoms with van der Waals surface area (Å²) >= 11 is 0.884. The fraction of sp³-hybridized carbons (Fsp3) is 0. The third-order valence-electron chi connectivity index (χ3n) is 4.84. The summed E-state index contributed by atoms with van der Waals surface area (Å²) in [4.78, 5) is 0.791. The van der Waals surface area contributed by atoms with E-state index in [0.717, 1.165) is 39.2 Å². The van der Waals surface area contributed by atoms with Crippen molar-refractivity contribution >= 4 is 47.0 Å². The molecule has 0 aliphatic carbocycles. The van der Waals surface area contributed by atoms with Crippen LogP contribution in [0.5, 0.6) is 0 Å². The quantitative estimate of drug-likeness (QED) is 0.0729. The van der Waals surface area contributed by atoms with Gasteiger partial charge in [0.1, 0.15) is 0 Å². The molecular formula is C28H20Na2O6S2. The Morgan fingerprint density at radius 1 is 0.684 bits per heavy atom. The monoisotopic (exact) mass is 562 g/mol. The molecule has 0 heterocycles. The average Bonchev–Trinajstić information content (AvgIpc) is 2.91. The van der Waals surface area contributed by atoms with Crippen LogP contribution in [0.2, 0.25) is 0 Å². The van der Waals surface area contributed by atoms with Gasteiger partial charge in [-0.2, -0.15) is 34.7 Å². The van der Waals surface area contributed by atoms with E-state index in [0.29, 0.717) is 0 Å². The Bertz CT molecular complexity index is 1400. The minimum Gasteiger partial charge on any atom is -0.691 e. The van der Waals surface area contributed by atoms with Crippen LogP contribution in [0.4, 0.5) is 0 Å². The second kappa shape index (κ2) is 19.3. The summed E-state index contributed by atoms with van der Waals surface area (Å²) < 4.78 is 29.7. The minimum atomic E-state index is -3.11. The van der Waals surface area contributed by atoms with Crippen LogP contribution in [-0.2, 0) is 20.0 Å². The van der Waals surface area contributed by atoms with E-state index >= 15 is 0 Å². The predicted molar refractivity (Wildman–Crippen MR) is 139 cm³/mol. The summed E-state index contributed by atoms with van der Waals surface area (Å²) in [6.07, 6.45) is 8.26. The van der Waals surface area contributed by atoms with E-state index < -0.39 is 10.6 Å². The Morgan fingerprint density at radius 3 is 1.68 bits per heavy atom. The molecule has 0 spiro atoms. The maximum absolute atomic E-state index is 9.97. The summed E-state index contributed by atoms with van der Waals surface area (Å²) in [5, 5.41) is 13.4. The normalized spacial score (nSPS) is 10.2. The summed E-state index contributed by atoms with van der Waals surface area (Å²) in [6, 6.07) is 35.6. The van der Waals surface area contributed by atoms with Crippen LogP contribution in [-0.4, -0.2) is 12.6 Å². The van der Waals surface area contributed by atoms with Gasteiger partial charge in [0.25, 0.3) is 0 Å². The molecule has 0 amide bonds. The van der Waals surface area contributed by atoms with Crippen LogP contribution in [0.3, 0.4) is 0 Å². The first-order valence-corrected chi connectivity index (χ1v) is 12.3. The molecule has 0 fully saturated rings. The topological polar surface area (TPSA) is 92.7 Å². The third-order valence-corrected chi connectivity index (χ3v) is 5.41. The van der Waals surface area contributed by atoms with Crippen molar-refractivity contribution in [2.45, 2.75) is 4.90 Å². The summed E-state index contributed by atoms with van der Waals surface area (Å²) in [6.45, 7) is 0. The van der Waals surface area contributed by atoms with Gasteiger partial charge in [-0.1, -0.05) is 78.9 Å². The fourth-order valence-electron chi connectivity index (χ4n) is 3.19. The van der Waals surface area contributed by atoms with E-state index in [-0.39, 0.29) is 59.1 Å². The molecule has 4 aromatic rings. The maximum atomic E-state index is 9.97. The third kappa shape index (κ3) is 12.8. The first-order chi connectivity index (χ1) is 17.5. The van der Waals surface area contributed by atoms with Crippen molar-refractivity contribution < 1.29 is 86.4 Å². The standard InChI is InChI=1S/C28H21O3S.2Na.O3S/c29-30-31-32-28-8-4-7-25(21-28)12-11-24-15-19-27(20-16-24)26-17-13-23(14-18-26)10-9-22-5-2-1-3-6-22;;;1-4(2)3/h1-2,4-21,29H;;;/q-1;2*+1;/p-1/b10-9+,12-11+;;;. The van der Waals surface area contributed by atoms with Gasteiger partial charge >= 0.3 is 69.7 Å². The zero-order valence-electron chi connectivity index (χ0n) is 20.8. The average molecular weight is 563 g/mol. The molecular weight excluding hydrogens is 542 g/mol.